The summed E-state index contributed by atoms with van der Waals surface area (Å²) in [7, 11) is 0. The van der Waals surface area contributed by atoms with E-state index in [1.807, 2.05) is 12.1 Å². The molecule has 1 aliphatic rings. The maximum Gasteiger partial charge on any atom is 0.0384 e. The SMILES string of the molecule is CC1=CC(C(C)C(C)C)c2c(-c3ccc(Nc4ccccc4)cc3)ccc(-c3ccc(Nc4ccccc4)cc3)c2C1C. The standard InChI is InChI=1S/C41H42N2/c1-27(2)29(4)39-26-28(3)30(5)40-37(31-16-20-35(21-17-31)42-33-12-8-6-9-13-33)24-25-38(41(39)40)32-18-22-36(23-19-32)43-34-14-10-7-11-15-34/h6-27,29-30,39,42-43H,1-5H3. The number of hydrogen-bond donors (Lipinski definition) is 2. The highest BCUT2D eigenvalue weighted by molar-refractivity contribution is 5.82. The molecule has 0 aliphatic heterocycles. The maximum absolute atomic E-state index is 3.54. The van der Waals surface area contributed by atoms with Gasteiger partial charge in [-0.05, 0) is 101 Å². The molecule has 0 radical (unpaired) electrons. The fourth-order valence-electron chi connectivity index (χ4n) is 6.38. The van der Waals surface area contributed by atoms with Crippen molar-refractivity contribution >= 4 is 22.7 Å². The van der Waals surface area contributed by atoms with Crippen LogP contribution in [0.4, 0.5) is 22.7 Å². The first-order valence-corrected chi connectivity index (χ1v) is 15.6. The van der Waals surface area contributed by atoms with Gasteiger partial charge in [0, 0.05) is 34.6 Å². The van der Waals surface area contributed by atoms with Crippen LogP contribution in [0.1, 0.15) is 57.6 Å². The third kappa shape index (κ3) is 6.01. The Morgan fingerprint density at radius 3 is 1.37 bits per heavy atom. The monoisotopic (exact) mass is 562 g/mol. The number of fused-ring (bicyclic) bond motifs is 1. The zero-order chi connectivity index (χ0) is 29.9. The van der Waals surface area contributed by atoms with E-state index >= 15 is 0 Å². The van der Waals surface area contributed by atoms with E-state index < -0.39 is 0 Å². The van der Waals surface area contributed by atoms with Crippen LogP contribution in [0.3, 0.4) is 0 Å². The van der Waals surface area contributed by atoms with Crippen molar-refractivity contribution in [1.82, 2.24) is 0 Å². The number of para-hydroxylation sites is 2. The second-order valence-electron chi connectivity index (χ2n) is 12.4. The van der Waals surface area contributed by atoms with Gasteiger partial charge < -0.3 is 10.6 Å². The molecule has 0 spiro atoms. The molecule has 6 rings (SSSR count). The van der Waals surface area contributed by atoms with Crippen molar-refractivity contribution < 1.29 is 0 Å². The molecule has 0 aromatic heterocycles. The Morgan fingerprint density at radius 1 is 0.512 bits per heavy atom. The molecule has 3 atom stereocenters. The Labute approximate surface area is 257 Å². The Kier molecular flexibility index (Phi) is 8.20. The smallest absolute Gasteiger partial charge is 0.0384 e. The van der Waals surface area contributed by atoms with Gasteiger partial charge in [0.1, 0.15) is 0 Å². The van der Waals surface area contributed by atoms with Crippen LogP contribution < -0.4 is 10.6 Å². The van der Waals surface area contributed by atoms with E-state index in [0.29, 0.717) is 23.7 Å². The van der Waals surface area contributed by atoms with E-state index in [4.69, 9.17) is 0 Å². The number of rotatable bonds is 8. The first kappa shape index (κ1) is 28.6. The molecule has 216 valence electrons. The highest BCUT2D eigenvalue weighted by atomic mass is 14.9. The van der Waals surface area contributed by atoms with Gasteiger partial charge in [-0.2, -0.15) is 0 Å². The summed E-state index contributed by atoms with van der Waals surface area (Å²) >= 11 is 0. The highest BCUT2D eigenvalue weighted by Gasteiger charge is 2.33. The molecule has 5 aromatic rings. The fraction of sp³-hybridized carbons (Fsp3) is 0.220. The third-order valence-corrected chi connectivity index (χ3v) is 9.31. The minimum atomic E-state index is 0.349. The van der Waals surface area contributed by atoms with Crippen molar-refractivity contribution in [3.05, 3.63) is 144 Å². The van der Waals surface area contributed by atoms with Crippen LogP contribution in [-0.2, 0) is 0 Å². The molecule has 0 amide bonds. The summed E-state index contributed by atoms with van der Waals surface area (Å²) in [5, 5.41) is 7.07. The lowest BCUT2D eigenvalue weighted by molar-refractivity contribution is 0.378. The van der Waals surface area contributed by atoms with Gasteiger partial charge in [-0.15, -0.1) is 0 Å². The maximum atomic E-state index is 3.54. The summed E-state index contributed by atoms with van der Waals surface area (Å²) < 4.78 is 0. The van der Waals surface area contributed by atoms with Crippen LogP contribution in [0.15, 0.2) is 133 Å². The summed E-state index contributed by atoms with van der Waals surface area (Å²) in [6, 6.07) is 43.3. The van der Waals surface area contributed by atoms with Gasteiger partial charge in [-0.25, -0.2) is 0 Å². The Hall–Kier alpha value is -4.56. The van der Waals surface area contributed by atoms with Gasteiger partial charge >= 0.3 is 0 Å². The zero-order valence-corrected chi connectivity index (χ0v) is 25.9. The minimum Gasteiger partial charge on any atom is -0.356 e. The summed E-state index contributed by atoms with van der Waals surface area (Å²) in [4.78, 5) is 0. The number of anilines is 4. The molecule has 0 fully saturated rings. The topological polar surface area (TPSA) is 24.1 Å². The predicted octanol–water partition coefficient (Wildman–Crippen LogP) is 11.9. The van der Waals surface area contributed by atoms with Gasteiger partial charge in [0.25, 0.3) is 0 Å². The fourth-order valence-corrected chi connectivity index (χ4v) is 6.38. The highest BCUT2D eigenvalue weighted by Crippen LogP contribution is 2.50. The Morgan fingerprint density at radius 2 is 0.930 bits per heavy atom. The molecule has 2 heteroatoms. The van der Waals surface area contributed by atoms with Crippen molar-refractivity contribution in [1.29, 1.82) is 0 Å². The molecular weight excluding hydrogens is 520 g/mol. The first-order chi connectivity index (χ1) is 20.9. The van der Waals surface area contributed by atoms with Crippen molar-refractivity contribution in [3.63, 3.8) is 0 Å². The van der Waals surface area contributed by atoms with Gasteiger partial charge in [-0.3, -0.25) is 0 Å². The van der Waals surface area contributed by atoms with E-state index in [1.165, 1.54) is 39.0 Å². The zero-order valence-electron chi connectivity index (χ0n) is 25.9. The van der Waals surface area contributed by atoms with Gasteiger partial charge in [0.05, 0.1) is 0 Å². The average Bonchev–Trinajstić information content (AvgIpc) is 3.03. The van der Waals surface area contributed by atoms with E-state index in [9.17, 15) is 0 Å². The first-order valence-electron chi connectivity index (χ1n) is 15.6. The molecule has 1 aliphatic carbocycles. The van der Waals surface area contributed by atoms with Crippen molar-refractivity contribution in [2.45, 2.75) is 46.5 Å². The van der Waals surface area contributed by atoms with Crippen molar-refractivity contribution in [2.24, 2.45) is 11.8 Å². The molecular formula is C41H42N2. The molecule has 3 unspecified atom stereocenters. The molecule has 5 aromatic carbocycles. The lowest BCUT2D eigenvalue weighted by atomic mass is 9.67. The largest absolute Gasteiger partial charge is 0.356 e. The average molecular weight is 563 g/mol. The number of allylic oxidation sites excluding steroid dienone is 2. The Bertz CT molecular complexity index is 1700. The van der Waals surface area contributed by atoms with Crippen LogP contribution >= 0.6 is 0 Å². The third-order valence-electron chi connectivity index (χ3n) is 9.31. The minimum absolute atomic E-state index is 0.349. The molecule has 0 saturated heterocycles. The van der Waals surface area contributed by atoms with Crippen LogP contribution in [0, 0.1) is 11.8 Å². The van der Waals surface area contributed by atoms with Crippen molar-refractivity contribution in [3.8, 4) is 22.3 Å². The van der Waals surface area contributed by atoms with E-state index in [0.717, 1.165) is 22.7 Å². The molecule has 2 N–H and O–H groups in total. The normalized spacial score (nSPS) is 16.7. The quantitative estimate of drug-likeness (QED) is 0.184. The molecule has 0 heterocycles. The summed E-state index contributed by atoms with van der Waals surface area (Å²) in [5.41, 5.74) is 14.1. The number of nitrogens with one attached hydrogen (secondary N) is 2. The van der Waals surface area contributed by atoms with Gasteiger partial charge in [0.15, 0.2) is 0 Å². The molecule has 43 heavy (non-hydrogen) atoms. The molecule has 0 bridgehead atoms. The summed E-state index contributed by atoms with van der Waals surface area (Å²) in [6.45, 7) is 11.8. The second kappa shape index (κ2) is 12.4. The van der Waals surface area contributed by atoms with E-state index in [-0.39, 0.29) is 0 Å². The molecule has 0 saturated carbocycles. The lowest BCUT2D eigenvalue weighted by Crippen LogP contribution is -2.22. The summed E-state index contributed by atoms with van der Waals surface area (Å²) in [5.74, 6) is 1.81. The lowest BCUT2D eigenvalue weighted by Gasteiger charge is -2.37. The van der Waals surface area contributed by atoms with Crippen LogP contribution in [0.25, 0.3) is 22.3 Å². The van der Waals surface area contributed by atoms with E-state index in [1.54, 1.807) is 0 Å². The van der Waals surface area contributed by atoms with Crippen LogP contribution in [0.2, 0.25) is 0 Å². The van der Waals surface area contributed by atoms with Gasteiger partial charge in [-0.1, -0.05) is 112 Å². The number of hydrogen-bond acceptors (Lipinski definition) is 2. The molecule has 2 nitrogen and oxygen atoms in total. The van der Waals surface area contributed by atoms with Crippen molar-refractivity contribution in [2.75, 3.05) is 10.6 Å². The predicted molar refractivity (Wildman–Crippen MR) is 186 cm³/mol. The van der Waals surface area contributed by atoms with Crippen LogP contribution in [0.5, 0.6) is 0 Å². The number of benzene rings is 5. The summed E-state index contributed by atoms with van der Waals surface area (Å²) in [6.07, 6.45) is 2.56. The van der Waals surface area contributed by atoms with Gasteiger partial charge in [0.2, 0.25) is 0 Å². The Balaban J connectivity index is 1.42. The van der Waals surface area contributed by atoms with E-state index in [2.05, 4.69) is 161 Å². The van der Waals surface area contributed by atoms with Crippen LogP contribution in [-0.4, -0.2) is 0 Å². The second-order valence-corrected chi connectivity index (χ2v) is 12.4.